The Morgan fingerprint density at radius 2 is 1.28 bits per heavy atom. The lowest BCUT2D eigenvalue weighted by atomic mass is 10.0. The number of carbonyl (C=O) groups is 2. The topological polar surface area (TPSA) is 52.7 Å². The van der Waals surface area contributed by atoms with E-state index in [4.69, 9.17) is 0 Å². The Kier molecular flexibility index (Phi) is 12.4. The van der Waals surface area contributed by atoms with Crippen molar-refractivity contribution >= 4 is 17.6 Å². The van der Waals surface area contributed by atoms with Crippen LogP contribution in [0.25, 0.3) is 11.1 Å². The molecule has 0 fully saturated rings. The molecule has 0 atom stereocenters. The molecule has 0 aliphatic rings. The number of carbonyl (C=O) groups excluding carboxylic acids is 2. The van der Waals surface area contributed by atoms with Crippen molar-refractivity contribution in [2.45, 2.75) is 65.0 Å². The van der Waals surface area contributed by atoms with Crippen molar-refractivity contribution in [1.29, 1.82) is 0 Å². The number of urea groups is 1. The third-order valence-corrected chi connectivity index (χ3v) is 7.79. The summed E-state index contributed by atoms with van der Waals surface area (Å²) in [6.07, 6.45) is 6.99. The second-order valence-corrected chi connectivity index (χ2v) is 11.2. The van der Waals surface area contributed by atoms with E-state index >= 15 is 0 Å². The number of nitrogens with one attached hydrogen (secondary N) is 1. The minimum atomic E-state index is -0.0822. The molecule has 4 aromatic carbocycles. The van der Waals surface area contributed by atoms with E-state index in [0.29, 0.717) is 32.5 Å². The van der Waals surface area contributed by atoms with Crippen molar-refractivity contribution in [2.75, 3.05) is 18.5 Å². The first-order valence-corrected chi connectivity index (χ1v) is 15.6. The molecule has 0 aromatic heterocycles. The van der Waals surface area contributed by atoms with Crippen molar-refractivity contribution in [1.82, 2.24) is 10.2 Å². The summed E-state index contributed by atoms with van der Waals surface area (Å²) in [5.74, 6) is 0.145. The second-order valence-electron chi connectivity index (χ2n) is 11.2. The van der Waals surface area contributed by atoms with Gasteiger partial charge in [-0.15, -0.1) is 0 Å². The Labute approximate surface area is 257 Å². The number of amides is 3. The van der Waals surface area contributed by atoms with E-state index in [1.165, 1.54) is 19.3 Å². The number of hydrogen-bond donors (Lipinski definition) is 1. The number of unbranched alkanes of at least 4 members (excludes halogenated alkanes) is 4. The third kappa shape index (κ3) is 10.1. The van der Waals surface area contributed by atoms with E-state index in [-0.39, 0.29) is 11.9 Å². The molecule has 0 unspecified atom stereocenters. The molecule has 0 heterocycles. The summed E-state index contributed by atoms with van der Waals surface area (Å²) in [6.45, 7) is 4.09. The van der Waals surface area contributed by atoms with E-state index in [1.807, 2.05) is 66.5 Å². The Morgan fingerprint density at radius 3 is 1.91 bits per heavy atom. The van der Waals surface area contributed by atoms with Gasteiger partial charge in [-0.05, 0) is 52.8 Å². The average Bonchev–Trinajstić information content (AvgIpc) is 3.05. The van der Waals surface area contributed by atoms with Gasteiger partial charge in [-0.2, -0.15) is 0 Å². The van der Waals surface area contributed by atoms with Gasteiger partial charge in [-0.3, -0.25) is 9.69 Å². The number of anilines is 1. The first-order valence-electron chi connectivity index (χ1n) is 15.6. The summed E-state index contributed by atoms with van der Waals surface area (Å²) in [6, 6.07) is 36.7. The SMILES string of the molecule is CCCCCCCNC(=O)N(C)c1cccc(-c2ccc(CCC(=O)N(Cc3ccccc3)Cc3ccccc3)cc2)c1. The van der Waals surface area contributed by atoms with Gasteiger partial charge in [0.05, 0.1) is 0 Å². The Hall–Kier alpha value is -4.38. The van der Waals surface area contributed by atoms with E-state index < -0.39 is 0 Å². The van der Waals surface area contributed by atoms with Crippen molar-refractivity contribution in [2.24, 2.45) is 0 Å². The fraction of sp³-hybridized carbons (Fsp3) is 0.316. The van der Waals surface area contributed by atoms with Crippen molar-refractivity contribution in [3.8, 4) is 11.1 Å². The van der Waals surface area contributed by atoms with Gasteiger partial charge in [0, 0.05) is 38.8 Å². The molecule has 4 rings (SSSR count). The van der Waals surface area contributed by atoms with Gasteiger partial charge < -0.3 is 10.2 Å². The minimum absolute atomic E-state index is 0.0822. The number of benzene rings is 4. The molecule has 0 radical (unpaired) electrons. The molecular formula is C38H45N3O2. The maximum absolute atomic E-state index is 13.4. The largest absolute Gasteiger partial charge is 0.338 e. The summed E-state index contributed by atoms with van der Waals surface area (Å²) in [5, 5.41) is 3.04. The maximum Gasteiger partial charge on any atom is 0.321 e. The van der Waals surface area contributed by atoms with Crippen LogP contribution in [0.1, 0.15) is 62.1 Å². The van der Waals surface area contributed by atoms with Crippen LogP contribution < -0.4 is 10.2 Å². The summed E-state index contributed by atoms with van der Waals surface area (Å²) in [5.41, 5.74) is 6.37. The predicted molar refractivity (Wildman–Crippen MR) is 178 cm³/mol. The summed E-state index contributed by atoms with van der Waals surface area (Å²) in [4.78, 5) is 29.7. The van der Waals surface area contributed by atoms with Crippen LogP contribution in [0.3, 0.4) is 0 Å². The Balaban J connectivity index is 1.33. The molecule has 5 nitrogen and oxygen atoms in total. The molecular weight excluding hydrogens is 530 g/mol. The Morgan fingerprint density at radius 1 is 0.651 bits per heavy atom. The quantitative estimate of drug-likeness (QED) is 0.144. The number of rotatable bonds is 15. The van der Waals surface area contributed by atoms with Gasteiger partial charge in [-0.25, -0.2) is 4.79 Å². The predicted octanol–water partition coefficient (Wildman–Crippen LogP) is 8.63. The molecule has 0 saturated heterocycles. The molecule has 3 amide bonds. The molecule has 0 aliphatic carbocycles. The molecule has 0 bridgehead atoms. The van der Waals surface area contributed by atoms with Gasteiger partial charge in [0.2, 0.25) is 5.91 Å². The maximum atomic E-state index is 13.4. The normalized spacial score (nSPS) is 10.7. The molecule has 43 heavy (non-hydrogen) atoms. The molecule has 224 valence electrons. The molecule has 0 saturated carbocycles. The highest BCUT2D eigenvalue weighted by Crippen LogP contribution is 2.25. The molecule has 0 spiro atoms. The highest BCUT2D eigenvalue weighted by molar-refractivity contribution is 5.92. The molecule has 0 aliphatic heterocycles. The van der Waals surface area contributed by atoms with Crippen LogP contribution in [0.4, 0.5) is 10.5 Å². The van der Waals surface area contributed by atoms with Gasteiger partial charge in [0.1, 0.15) is 0 Å². The van der Waals surface area contributed by atoms with Gasteiger partial charge in [-0.1, -0.05) is 130 Å². The van der Waals surface area contributed by atoms with E-state index in [2.05, 4.69) is 66.8 Å². The minimum Gasteiger partial charge on any atom is -0.338 e. The first-order chi connectivity index (χ1) is 21.0. The van der Waals surface area contributed by atoms with Crippen LogP contribution in [0.2, 0.25) is 0 Å². The fourth-order valence-electron chi connectivity index (χ4n) is 5.17. The lowest BCUT2D eigenvalue weighted by Gasteiger charge is -2.23. The van der Waals surface area contributed by atoms with E-state index in [9.17, 15) is 9.59 Å². The lowest BCUT2D eigenvalue weighted by molar-refractivity contribution is -0.132. The zero-order valence-electron chi connectivity index (χ0n) is 25.7. The standard InChI is InChI=1S/C38H45N3O2/c1-3-4-5-6-13-27-39-38(43)40(2)36-20-14-19-35(28-36)34-24-21-31(22-25-34)23-26-37(42)41(29-32-15-9-7-10-16-32)30-33-17-11-8-12-18-33/h7-12,14-22,24-25,28H,3-6,13,23,26-27,29-30H2,1-2H3,(H,39,43). The van der Waals surface area contributed by atoms with Gasteiger partial charge in [0.15, 0.2) is 0 Å². The third-order valence-electron chi connectivity index (χ3n) is 7.79. The van der Waals surface area contributed by atoms with Gasteiger partial charge in [0.25, 0.3) is 0 Å². The van der Waals surface area contributed by atoms with Crippen LogP contribution in [0, 0.1) is 0 Å². The monoisotopic (exact) mass is 575 g/mol. The van der Waals surface area contributed by atoms with Gasteiger partial charge >= 0.3 is 6.03 Å². The smallest absolute Gasteiger partial charge is 0.321 e. The van der Waals surface area contributed by atoms with Crippen molar-refractivity contribution in [3.05, 3.63) is 126 Å². The summed E-state index contributed by atoms with van der Waals surface area (Å²) >= 11 is 0. The number of hydrogen-bond acceptors (Lipinski definition) is 2. The number of nitrogens with zero attached hydrogens (tertiary/aromatic N) is 2. The van der Waals surface area contributed by atoms with Crippen LogP contribution >= 0.6 is 0 Å². The molecule has 4 aromatic rings. The van der Waals surface area contributed by atoms with Crippen LogP contribution in [-0.4, -0.2) is 30.4 Å². The first kappa shape index (κ1) is 31.6. The van der Waals surface area contributed by atoms with Crippen LogP contribution in [0.5, 0.6) is 0 Å². The molecule has 1 N–H and O–H groups in total. The average molecular weight is 576 g/mol. The highest BCUT2D eigenvalue weighted by atomic mass is 16.2. The zero-order valence-corrected chi connectivity index (χ0v) is 25.7. The summed E-state index contributed by atoms with van der Waals surface area (Å²) < 4.78 is 0. The number of aryl methyl sites for hydroxylation is 1. The second kappa shape index (κ2) is 16.9. The highest BCUT2D eigenvalue weighted by Gasteiger charge is 2.15. The van der Waals surface area contributed by atoms with Crippen molar-refractivity contribution < 1.29 is 9.59 Å². The fourth-order valence-corrected chi connectivity index (χ4v) is 5.17. The van der Waals surface area contributed by atoms with Crippen LogP contribution in [0.15, 0.2) is 109 Å². The van der Waals surface area contributed by atoms with E-state index in [0.717, 1.165) is 46.3 Å². The lowest BCUT2D eigenvalue weighted by Crippen LogP contribution is -2.37. The molecule has 5 heteroatoms. The zero-order chi connectivity index (χ0) is 30.3. The van der Waals surface area contributed by atoms with Crippen molar-refractivity contribution in [3.63, 3.8) is 0 Å². The van der Waals surface area contributed by atoms with E-state index in [1.54, 1.807) is 4.90 Å². The van der Waals surface area contributed by atoms with Crippen LogP contribution in [-0.2, 0) is 24.3 Å². The summed E-state index contributed by atoms with van der Waals surface area (Å²) in [7, 11) is 1.81. The Bertz CT molecular complexity index is 1360.